The third-order valence-electron chi connectivity index (χ3n) is 5.02. The summed E-state index contributed by atoms with van der Waals surface area (Å²) in [5.41, 5.74) is 2.46. The highest BCUT2D eigenvalue weighted by molar-refractivity contribution is 6.30. The Hall–Kier alpha value is -2.92. The number of amides is 1. The Bertz CT molecular complexity index is 994. The zero-order valence-corrected chi connectivity index (χ0v) is 16.0. The quantitative estimate of drug-likeness (QED) is 0.715. The number of hydrogen-bond donors (Lipinski definition) is 1. The van der Waals surface area contributed by atoms with Crippen molar-refractivity contribution in [2.24, 2.45) is 0 Å². The van der Waals surface area contributed by atoms with E-state index in [-0.39, 0.29) is 23.5 Å². The maximum atomic E-state index is 13.0. The molecule has 1 atom stereocenters. The van der Waals surface area contributed by atoms with Crippen molar-refractivity contribution < 1.29 is 9.90 Å². The average molecular weight is 394 g/mol. The summed E-state index contributed by atoms with van der Waals surface area (Å²) in [6, 6.07) is 17.2. The van der Waals surface area contributed by atoms with E-state index in [1.54, 1.807) is 4.90 Å². The van der Waals surface area contributed by atoms with Crippen LogP contribution in [0.1, 0.15) is 28.9 Å². The molecule has 1 saturated heterocycles. The van der Waals surface area contributed by atoms with Crippen LogP contribution in [0.5, 0.6) is 5.88 Å². The molecule has 0 aliphatic carbocycles. The van der Waals surface area contributed by atoms with Gasteiger partial charge in [-0.15, -0.1) is 0 Å². The van der Waals surface area contributed by atoms with Crippen LogP contribution in [0, 0.1) is 0 Å². The zero-order valence-electron chi connectivity index (χ0n) is 15.3. The predicted octanol–water partition coefficient (Wildman–Crippen LogP) is 4.35. The molecule has 1 unspecified atom stereocenters. The van der Waals surface area contributed by atoms with Gasteiger partial charge in [-0.2, -0.15) is 0 Å². The third-order valence-corrected chi connectivity index (χ3v) is 5.26. The van der Waals surface area contributed by atoms with E-state index in [4.69, 9.17) is 11.6 Å². The van der Waals surface area contributed by atoms with Crippen molar-refractivity contribution >= 4 is 17.5 Å². The monoisotopic (exact) mass is 393 g/mol. The lowest BCUT2D eigenvalue weighted by Crippen LogP contribution is -2.37. The largest absolute Gasteiger partial charge is 0.492 e. The van der Waals surface area contributed by atoms with Crippen LogP contribution in [0.3, 0.4) is 0 Å². The molecule has 1 aromatic heterocycles. The first-order valence-electron chi connectivity index (χ1n) is 9.28. The molecule has 0 spiro atoms. The molecule has 1 aliphatic heterocycles. The molecule has 0 radical (unpaired) electrons. The van der Waals surface area contributed by atoms with Crippen LogP contribution in [-0.2, 0) is 6.42 Å². The smallest absolute Gasteiger partial charge is 0.278 e. The standard InChI is InChI=1S/C22H20ClN3O2/c23-17-9-4-6-15(12-17)13-18-10-5-11-26(18)22(28)20-21(27)25-19(14-24-20)16-7-2-1-3-8-16/h1-4,6-9,12,14,18H,5,10-11,13H2,(H,25,27). The minimum absolute atomic E-state index is 0.00215. The van der Waals surface area contributed by atoms with E-state index in [1.807, 2.05) is 54.6 Å². The summed E-state index contributed by atoms with van der Waals surface area (Å²) in [5, 5.41) is 11.0. The lowest BCUT2D eigenvalue weighted by molar-refractivity contribution is 0.0726. The van der Waals surface area contributed by atoms with Gasteiger partial charge in [0.1, 0.15) is 0 Å². The molecule has 2 aromatic carbocycles. The summed E-state index contributed by atoms with van der Waals surface area (Å²) in [6.07, 6.45) is 4.09. The second kappa shape index (κ2) is 7.98. The van der Waals surface area contributed by atoms with Crippen molar-refractivity contribution in [3.05, 3.63) is 77.1 Å². The van der Waals surface area contributed by atoms with Crippen molar-refractivity contribution in [3.63, 3.8) is 0 Å². The van der Waals surface area contributed by atoms with Gasteiger partial charge in [0.15, 0.2) is 5.69 Å². The maximum absolute atomic E-state index is 13.0. The minimum atomic E-state index is -0.334. The Morgan fingerprint density at radius 3 is 2.75 bits per heavy atom. The van der Waals surface area contributed by atoms with Crippen molar-refractivity contribution in [1.82, 2.24) is 14.9 Å². The van der Waals surface area contributed by atoms with Gasteiger partial charge in [0.25, 0.3) is 5.91 Å². The van der Waals surface area contributed by atoms with E-state index in [0.29, 0.717) is 17.3 Å². The second-order valence-corrected chi connectivity index (χ2v) is 7.36. The van der Waals surface area contributed by atoms with E-state index >= 15 is 0 Å². The van der Waals surface area contributed by atoms with Gasteiger partial charge in [0, 0.05) is 23.2 Å². The predicted molar refractivity (Wildman–Crippen MR) is 108 cm³/mol. The highest BCUT2D eigenvalue weighted by atomic mass is 35.5. The fraction of sp³-hybridized carbons (Fsp3) is 0.227. The van der Waals surface area contributed by atoms with Gasteiger partial charge in [0.05, 0.1) is 11.9 Å². The molecular weight excluding hydrogens is 374 g/mol. The van der Waals surface area contributed by atoms with Gasteiger partial charge >= 0.3 is 0 Å². The summed E-state index contributed by atoms with van der Waals surface area (Å²) >= 11 is 6.08. The van der Waals surface area contributed by atoms with Gasteiger partial charge in [-0.05, 0) is 37.0 Å². The Kier molecular flexibility index (Phi) is 5.26. The van der Waals surface area contributed by atoms with Gasteiger partial charge in [-0.3, -0.25) is 4.79 Å². The van der Waals surface area contributed by atoms with E-state index in [1.165, 1.54) is 6.20 Å². The Balaban J connectivity index is 1.54. The summed E-state index contributed by atoms with van der Waals surface area (Å²) in [6.45, 7) is 0.644. The molecule has 5 nitrogen and oxygen atoms in total. The molecule has 0 bridgehead atoms. The van der Waals surface area contributed by atoms with Crippen LogP contribution in [0.2, 0.25) is 5.02 Å². The fourth-order valence-electron chi connectivity index (χ4n) is 3.67. The van der Waals surface area contributed by atoms with E-state index < -0.39 is 0 Å². The van der Waals surface area contributed by atoms with E-state index in [2.05, 4.69) is 9.97 Å². The molecule has 0 saturated carbocycles. The number of carbonyl (C=O) groups excluding carboxylic acids is 1. The number of likely N-dealkylation sites (tertiary alicyclic amines) is 1. The Morgan fingerprint density at radius 1 is 1.18 bits per heavy atom. The van der Waals surface area contributed by atoms with Gasteiger partial charge in [0.2, 0.25) is 5.88 Å². The molecule has 28 heavy (non-hydrogen) atoms. The van der Waals surface area contributed by atoms with E-state index in [0.717, 1.165) is 30.4 Å². The normalized spacial score (nSPS) is 16.3. The number of carbonyl (C=O) groups is 1. The third kappa shape index (κ3) is 3.85. The first-order valence-corrected chi connectivity index (χ1v) is 9.66. The molecule has 1 fully saturated rings. The van der Waals surface area contributed by atoms with Gasteiger partial charge in [-0.1, -0.05) is 54.1 Å². The summed E-state index contributed by atoms with van der Waals surface area (Å²) < 4.78 is 0. The molecule has 142 valence electrons. The molecule has 3 aromatic rings. The number of nitrogens with zero attached hydrogens (tertiary/aromatic N) is 3. The lowest BCUT2D eigenvalue weighted by Gasteiger charge is -2.24. The number of benzene rings is 2. The molecule has 6 heteroatoms. The second-order valence-electron chi connectivity index (χ2n) is 6.92. The number of aromatic hydroxyl groups is 1. The van der Waals surface area contributed by atoms with Crippen molar-refractivity contribution in [2.45, 2.75) is 25.3 Å². The SMILES string of the molecule is O=C(c1ncc(-c2ccccc2)nc1O)N1CCCC1Cc1cccc(Cl)c1. The zero-order chi connectivity index (χ0) is 19.5. The van der Waals surface area contributed by atoms with Crippen LogP contribution in [-0.4, -0.2) is 38.5 Å². The summed E-state index contributed by atoms with van der Waals surface area (Å²) in [4.78, 5) is 23.2. The van der Waals surface area contributed by atoms with Crippen LogP contribution in [0.15, 0.2) is 60.8 Å². The minimum Gasteiger partial charge on any atom is -0.492 e. The molecular formula is C22H20ClN3O2. The van der Waals surface area contributed by atoms with Crippen molar-refractivity contribution in [2.75, 3.05) is 6.54 Å². The summed E-state index contributed by atoms with van der Waals surface area (Å²) in [5.74, 6) is -0.617. The first-order chi connectivity index (χ1) is 13.6. The molecule has 4 rings (SSSR count). The average Bonchev–Trinajstić information content (AvgIpc) is 3.16. The molecule has 1 aliphatic rings. The topological polar surface area (TPSA) is 66.3 Å². The van der Waals surface area contributed by atoms with Crippen LogP contribution >= 0.6 is 11.6 Å². The van der Waals surface area contributed by atoms with E-state index in [9.17, 15) is 9.90 Å². The Labute approximate surface area is 168 Å². The highest BCUT2D eigenvalue weighted by Gasteiger charge is 2.32. The van der Waals surface area contributed by atoms with Crippen LogP contribution in [0.4, 0.5) is 0 Å². The van der Waals surface area contributed by atoms with Crippen molar-refractivity contribution in [3.8, 4) is 17.1 Å². The number of aromatic nitrogens is 2. The Morgan fingerprint density at radius 2 is 2.00 bits per heavy atom. The van der Waals surface area contributed by atoms with Gasteiger partial charge in [-0.25, -0.2) is 9.97 Å². The van der Waals surface area contributed by atoms with Crippen LogP contribution < -0.4 is 0 Å². The highest BCUT2D eigenvalue weighted by Crippen LogP contribution is 2.27. The van der Waals surface area contributed by atoms with Crippen molar-refractivity contribution in [1.29, 1.82) is 0 Å². The molecule has 1 amide bonds. The molecule has 2 heterocycles. The first kappa shape index (κ1) is 18.4. The summed E-state index contributed by atoms with van der Waals surface area (Å²) in [7, 11) is 0. The van der Waals surface area contributed by atoms with Gasteiger partial charge < -0.3 is 10.0 Å². The number of rotatable bonds is 4. The lowest BCUT2D eigenvalue weighted by atomic mass is 10.0. The number of hydrogen-bond acceptors (Lipinski definition) is 4. The fourth-order valence-corrected chi connectivity index (χ4v) is 3.88. The maximum Gasteiger partial charge on any atom is 0.278 e. The number of halogens is 1. The van der Waals surface area contributed by atoms with Crippen LogP contribution in [0.25, 0.3) is 11.3 Å². The molecule has 1 N–H and O–H groups in total.